The van der Waals surface area contributed by atoms with Crippen molar-refractivity contribution in [2.24, 2.45) is 0 Å². The van der Waals surface area contributed by atoms with E-state index in [0.29, 0.717) is 35.8 Å². The second kappa shape index (κ2) is 6.49. The van der Waals surface area contributed by atoms with Crippen LogP contribution < -0.4 is 11.1 Å². The molecule has 0 saturated carbocycles. The molecular formula is C14H17N3O2S. The van der Waals surface area contributed by atoms with Gasteiger partial charge in [0.1, 0.15) is 10.4 Å². The van der Waals surface area contributed by atoms with Crippen molar-refractivity contribution in [3.8, 4) is 0 Å². The van der Waals surface area contributed by atoms with Gasteiger partial charge in [-0.2, -0.15) is 0 Å². The fourth-order valence-electron chi connectivity index (χ4n) is 1.68. The van der Waals surface area contributed by atoms with Gasteiger partial charge in [0.25, 0.3) is 5.91 Å². The second-order valence-electron chi connectivity index (χ2n) is 4.46. The highest BCUT2D eigenvalue weighted by Crippen LogP contribution is 2.31. The molecule has 0 aliphatic rings. The van der Waals surface area contributed by atoms with Gasteiger partial charge in [-0.05, 0) is 19.1 Å². The zero-order chi connectivity index (χ0) is 14.5. The Balaban J connectivity index is 1.94. The zero-order valence-corrected chi connectivity index (χ0v) is 12.1. The van der Waals surface area contributed by atoms with Gasteiger partial charge < -0.3 is 15.8 Å². The van der Waals surface area contributed by atoms with Gasteiger partial charge in [-0.15, -0.1) is 11.3 Å². The number of carbonyl (C=O) groups excluding carboxylic acids is 1. The number of fused-ring (bicyclic) bond motifs is 1. The van der Waals surface area contributed by atoms with E-state index in [1.807, 2.05) is 19.1 Å². The normalized spacial score (nSPS) is 10.7. The summed E-state index contributed by atoms with van der Waals surface area (Å²) >= 11 is 1.35. The molecule has 2 rings (SSSR count). The number of carbonyl (C=O) groups is 1. The molecule has 0 aliphatic heterocycles. The average Bonchev–Trinajstić information content (AvgIpc) is 2.76. The Kier molecular flexibility index (Phi) is 4.70. The average molecular weight is 291 g/mol. The Bertz CT molecular complexity index is 636. The van der Waals surface area contributed by atoms with E-state index in [4.69, 9.17) is 10.5 Å². The van der Waals surface area contributed by atoms with E-state index in [1.165, 1.54) is 11.3 Å². The van der Waals surface area contributed by atoms with Gasteiger partial charge in [-0.3, -0.25) is 9.78 Å². The number of ether oxygens (including phenoxy) is 1. The molecule has 0 aliphatic carbocycles. The summed E-state index contributed by atoms with van der Waals surface area (Å²) in [7, 11) is 0. The smallest absolute Gasteiger partial charge is 0.263 e. The number of anilines is 1. The molecule has 2 aromatic heterocycles. The standard InChI is InChI=1S/C14H17N3O2S/c1-9(2)8-19-7-6-17-14(18)13-11(15)12-10(20-13)4-3-5-16-12/h3-5H,1,6-8,15H2,2H3,(H,17,18). The van der Waals surface area contributed by atoms with Gasteiger partial charge in [-0.25, -0.2) is 0 Å². The summed E-state index contributed by atoms with van der Waals surface area (Å²) in [5.74, 6) is -0.190. The number of aromatic nitrogens is 1. The Morgan fingerprint density at radius 1 is 1.60 bits per heavy atom. The molecule has 0 spiro atoms. The number of nitrogen functional groups attached to an aromatic ring is 1. The van der Waals surface area contributed by atoms with E-state index in [0.717, 1.165) is 10.3 Å². The molecule has 0 radical (unpaired) electrons. The highest BCUT2D eigenvalue weighted by atomic mass is 32.1. The van der Waals surface area contributed by atoms with Gasteiger partial charge in [0.05, 0.1) is 23.6 Å². The topological polar surface area (TPSA) is 77.2 Å². The van der Waals surface area contributed by atoms with Gasteiger partial charge in [0.2, 0.25) is 0 Å². The zero-order valence-electron chi connectivity index (χ0n) is 11.3. The summed E-state index contributed by atoms with van der Waals surface area (Å²) in [4.78, 5) is 16.7. The summed E-state index contributed by atoms with van der Waals surface area (Å²) < 4.78 is 6.23. The van der Waals surface area contributed by atoms with Crippen molar-refractivity contribution >= 4 is 33.1 Å². The summed E-state index contributed by atoms with van der Waals surface area (Å²) in [5, 5.41) is 2.78. The molecule has 0 bridgehead atoms. The number of thiophene rings is 1. The molecule has 1 amide bonds. The van der Waals surface area contributed by atoms with Crippen molar-refractivity contribution in [1.29, 1.82) is 0 Å². The van der Waals surface area contributed by atoms with Crippen LogP contribution in [0.1, 0.15) is 16.6 Å². The Morgan fingerprint density at radius 2 is 2.40 bits per heavy atom. The molecule has 6 heteroatoms. The Labute approximate surface area is 121 Å². The van der Waals surface area contributed by atoms with Gasteiger partial charge in [0, 0.05) is 12.7 Å². The summed E-state index contributed by atoms with van der Waals surface area (Å²) in [5.41, 5.74) is 8.03. The number of rotatable bonds is 6. The molecule has 0 aromatic carbocycles. The number of hydrogen-bond donors (Lipinski definition) is 2. The fraction of sp³-hybridized carbons (Fsp3) is 0.286. The first-order valence-corrected chi connectivity index (χ1v) is 7.04. The molecule has 2 heterocycles. The quantitative estimate of drug-likeness (QED) is 0.632. The third-order valence-electron chi connectivity index (χ3n) is 2.57. The first kappa shape index (κ1) is 14.5. The highest BCUT2D eigenvalue weighted by Gasteiger charge is 2.16. The minimum Gasteiger partial charge on any atom is -0.396 e. The van der Waals surface area contributed by atoms with Crippen LogP contribution in [-0.2, 0) is 4.74 Å². The van der Waals surface area contributed by atoms with Crippen LogP contribution in [-0.4, -0.2) is 30.6 Å². The van der Waals surface area contributed by atoms with Gasteiger partial charge in [-0.1, -0.05) is 12.2 Å². The van der Waals surface area contributed by atoms with Crippen molar-refractivity contribution in [3.05, 3.63) is 35.4 Å². The number of nitrogens with two attached hydrogens (primary N) is 1. The lowest BCUT2D eigenvalue weighted by Crippen LogP contribution is -2.27. The van der Waals surface area contributed by atoms with Crippen molar-refractivity contribution in [1.82, 2.24) is 10.3 Å². The number of amides is 1. The number of hydrogen-bond acceptors (Lipinski definition) is 5. The third-order valence-corrected chi connectivity index (χ3v) is 3.73. The predicted octanol–water partition coefficient (Wildman–Crippen LogP) is 2.20. The van der Waals surface area contributed by atoms with Crippen LogP contribution in [0, 0.1) is 0 Å². The van der Waals surface area contributed by atoms with Crippen molar-refractivity contribution < 1.29 is 9.53 Å². The molecule has 3 N–H and O–H groups in total. The Hall–Kier alpha value is -1.92. The van der Waals surface area contributed by atoms with Crippen LogP contribution >= 0.6 is 11.3 Å². The van der Waals surface area contributed by atoms with Gasteiger partial charge in [0.15, 0.2) is 0 Å². The maximum absolute atomic E-state index is 12.1. The lowest BCUT2D eigenvalue weighted by Gasteiger charge is -2.05. The van der Waals surface area contributed by atoms with Gasteiger partial charge >= 0.3 is 0 Å². The molecule has 2 aromatic rings. The van der Waals surface area contributed by atoms with E-state index in [-0.39, 0.29) is 5.91 Å². The number of nitrogens with one attached hydrogen (secondary N) is 1. The maximum atomic E-state index is 12.1. The van der Waals surface area contributed by atoms with E-state index in [2.05, 4.69) is 16.9 Å². The lowest BCUT2D eigenvalue weighted by atomic mass is 10.3. The van der Waals surface area contributed by atoms with Crippen molar-refractivity contribution in [2.75, 3.05) is 25.5 Å². The first-order chi connectivity index (χ1) is 9.59. The number of nitrogens with zero attached hydrogens (tertiary/aromatic N) is 1. The molecule has 0 unspecified atom stereocenters. The molecule has 0 fully saturated rings. The Morgan fingerprint density at radius 3 is 3.10 bits per heavy atom. The van der Waals surface area contributed by atoms with E-state index in [9.17, 15) is 4.79 Å². The highest BCUT2D eigenvalue weighted by molar-refractivity contribution is 7.21. The molecule has 0 saturated heterocycles. The second-order valence-corrected chi connectivity index (χ2v) is 5.51. The summed E-state index contributed by atoms with van der Waals surface area (Å²) in [6.07, 6.45) is 1.67. The van der Waals surface area contributed by atoms with Crippen LogP contribution in [0.3, 0.4) is 0 Å². The lowest BCUT2D eigenvalue weighted by molar-refractivity contribution is 0.0931. The monoisotopic (exact) mass is 291 g/mol. The minimum absolute atomic E-state index is 0.190. The fourth-order valence-corrected chi connectivity index (χ4v) is 2.68. The predicted molar refractivity (Wildman–Crippen MR) is 82.0 cm³/mol. The summed E-state index contributed by atoms with van der Waals surface area (Å²) in [6.45, 7) is 7.02. The maximum Gasteiger partial charge on any atom is 0.263 e. The first-order valence-electron chi connectivity index (χ1n) is 6.23. The van der Waals surface area contributed by atoms with Crippen LogP contribution in [0.2, 0.25) is 0 Å². The van der Waals surface area contributed by atoms with E-state index >= 15 is 0 Å². The minimum atomic E-state index is -0.190. The largest absolute Gasteiger partial charge is 0.396 e. The van der Waals surface area contributed by atoms with E-state index in [1.54, 1.807) is 6.20 Å². The van der Waals surface area contributed by atoms with E-state index < -0.39 is 0 Å². The van der Waals surface area contributed by atoms with Crippen LogP contribution in [0.4, 0.5) is 5.69 Å². The number of pyridine rings is 1. The SMILES string of the molecule is C=C(C)COCCNC(=O)c1sc2cccnc2c1N. The molecular weight excluding hydrogens is 274 g/mol. The van der Waals surface area contributed by atoms with Crippen LogP contribution in [0.5, 0.6) is 0 Å². The molecule has 20 heavy (non-hydrogen) atoms. The van der Waals surface area contributed by atoms with Crippen LogP contribution in [0.15, 0.2) is 30.5 Å². The molecule has 106 valence electrons. The summed E-state index contributed by atoms with van der Waals surface area (Å²) in [6, 6.07) is 3.72. The van der Waals surface area contributed by atoms with Crippen molar-refractivity contribution in [3.63, 3.8) is 0 Å². The molecule has 5 nitrogen and oxygen atoms in total. The molecule has 0 atom stereocenters. The van der Waals surface area contributed by atoms with Crippen LogP contribution in [0.25, 0.3) is 10.2 Å². The van der Waals surface area contributed by atoms with Crippen molar-refractivity contribution in [2.45, 2.75) is 6.92 Å². The third kappa shape index (κ3) is 3.34.